The van der Waals surface area contributed by atoms with Gasteiger partial charge in [-0.3, -0.25) is 4.79 Å². The number of hydrogen-bond donors (Lipinski definition) is 3. The van der Waals surface area contributed by atoms with Gasteiger partial charge in [-0.1, -0.05) is 6.08 Å². The summed E-state index contributed by atoms with van der Waals surface area (Å²) in [6, 6.07) is 0. The number of hydrogen-bond acceptors (Lipinski definition) is 3. The van der Waals surface area contributed by atoms with E-state index in [2.05, 4.69) is 11.9 Å². The van der Waals surface area contributed by atoms with Gasteiger partial charge in [-0.25, -0.2) is 0 Å². The van der Waals surface area contributed by atoms with Gasteiger partial charge < -0.3 is 15.5 Å². The van der Waals surface area contributed by atoms with Crippen LogP contribution in [0.25, 0.3) is 0 Å². The average Bonchev–Trinajstić information content (AvgIpc) is 2.05. The predicted molar refractivity (Wildman–Crippen MR) is 52.7 cm³/mol. The maximum absolute atomic E-state index is 9.96. The molecule has 0 heterocycles. The summed E-state index contributed by atoms with van der Waals surface area (Å²) in [5.74, 6) is -0.823. The zero-order valence-corrected chi connectivity index (χ0v) is 8.29. The van der Waals surface area contributed by atoms with Crippen molar-refractivity contribution in [3.63, 3.8) is 0 Å². The molecule has 4 heteroatoms. The van der Waals surface area contributed by atoms with Crippen LogP contribution in [-0.2, 0) is 4.79 Å². The fraction of sp³-hybridized carbons (Fsp3) is 0.667. The van der Waals surface area contributed by atoms with Crippen LogP contribution in [0, 0.1) is 0 Å². The minimum absolute atomic E-state index is 0.116. The minimum Gasteiger partial charge on any atom is -0.481 e. The third kappa shape index (κ3) is 18.2. The number of carboxylic acid groups (broad SMARTS) is 1. The molecule has 1 unspecified atom stereocenters. The van der Waals surface area contributed by atoms with Gasteiger partial charge in [0, 0.05) is 6.42 Å². The van der Waals surface area contributed by atoms with Crippen molar-refractivity contribution in [3.05, 3.63) is 12.7 Å². The van der Waals surface area contributed by atoms with Crippen molar-refractivity contribution < 1.29 is 15.0 Å². The SMILES string of the molecule is C=CC(O)CCCC(=O)O.CNC. The summed E-state index contributed by atoms with van der Waals surface area (Å²) in [6.45, 7) is 3.36. The average molecular weight is 189 g/mol. The molecule has 0 aliphatic rings. The number of aliphatic hydroxyl groups excluding tert-OH is 1. The first-order chi connectivity index (χ1) is 6.08. The number of aliphatic carboxylic acids is 1. The van der Waals surface area contributed by atoms with Crippen LogP contribution < -0.4 is 5.32 Å². The zero-order valence-electron chi connectivity index (χ0n) is 8.29. The van der Waals surface area contributed by atoms with Crippen molar-refractivity contribution in [2.24, 2.45) is 0 Å². The van der Waals surface area contributed by atoms with Gasteiger partial charge in [0.1, 0.15) is 0 Å². The van der Waals surface area contributed by atoms with E-state index in [0.29, 0.717) is 12.8 Å². The second kappa shape index (κ2) is 11.1. The summed E-state index contributed by atoms with van der Waals surface area (Å²) in [5, 5.41) is 19.8. The molecule has 1 atom stereocenters. The summed E-state index contributed by atoms with van der Waals surface area (Å²) in [4.78, 5) is 9.96. The van der Waals surface area contributed by atoms with Crippen molar-refractivity contribution >= 4 is 5.97 Å². The van der Waals surface area contributed by atoms with E-state index in [4.69, 9.17) is 10.2 Å². The second-order valence-electron chi connectivity index (χ2n) is 2.59. The second-order valence-corrected chi connectivity index (χ2v) is 2.59. The lowest BCUT2D eigenvalue weighted by atomic mass is 10.1. The first-order valence-electron chi connectivity index (χ1n) is 4.19. The van der Waals surface area contributed by atoms with E-state index in [-0.39, 0.29) is 6.42 Å². The van der Waals surface area contributed by atoms with E-state index in [9.17, 15) is 4.79 Å². The molecule has 0 aromatic rings. The van der Waals surface area contributed by atoms with Crippen LogP contribution >= 0.6 is 0 Å². The number of nitrogens with one attached hydrogen (secondary N) is 1. The van der Waals surface area contributed by atoms with Crippen molar-refractivity contribution in [1.29, 1.82) is 0 Å². The fourth-order valence-electron chi connectivity index (χ4n) is 0.580. The number of rotatable bonds is 5. The zero-order chi connectivity index (χ0) is 10.7. The Hall–Kier alpha value is -0.870. The molecule has 0 aromatic carbocycles. The monoisotopic (exact) mass is 189 g/mol. The van der Waals surface area contributed by atoms with Crippen LogP contribution in [0.15, 0.2) is 12.7 Å². The number of aliphatic hydroxyl groups is 1. The third-order valence-corrected chi connectivity index (χ3v) is 1.16. The molecule has 0 rings (SSSR count). The van der Waals surface area contributed by atoms with Crippen molar-refractivity contribution in [3.8, 4) is 0 Å². The van der Waals surface area contributed by atoms with Crippen LogP contribution in [0.2, 0.25) is 0 Å². The molecule has 0 saturated carbocycles. The Morgan fingerprint density at radius 1 is 1.62 bits per heavy atom. The molecule has 0 radical (unpaired) electrons. The highest BCUT2D eigenvalue weighted by Crippen LogP contribution is 2.00. The molecular formula is C9H19NO3. The van der Waals surface area contributed by atoms with Crippen LogP contribution in [0.5, 0.6) is 0 Å². The summed E-state index contributed by atoms with van der Waals surface area (Å²) in [6.07, 6.45) is 1.95. The Kier molecular flexibility index (Phi) is 12.5. The van der Waals surface area contributed by atoms with Crippen LogP contribution in [0.1, 0.15) is 19.3 Å². The standard InChI is InChI=1S/C7H12O3.C2H7N/c1-2-6(8)4-3-5-7(9)10;1-3-2/h2,6,8H,1,3-5H2,(H,9,10);3H,1-2H3. The fourth-order valence-corrected chi connectivity index (χ4v) is 0.580. The van der Waals surface area contributed by atoms with Crippen molar-refractivity contribution in [2.45, 2.75) is 25.4 Å². The molecule has 78 valence electrons. The van der Waals surface area contributed by atoms with Gasteiger partial charge in [0.2, 0.25) is 0 Å². The minimum atomic E-state index is -0.823. The summed E-state index contributed by atoms with van der Waals surface area (Å²) in [5.41, 5.74) is 0. The maximum atomic E-state index is 9.96. The topological polar surface area (TPSA) is 69.6 Å². The molecule has 0 spiro atoms. The van der Waals surface area contributed by atoms with Gasteiger partial charge in [-0.15, -0.1) is 6.58 Å². The molecule has 0 saturated heterocycles. The first kappa shape index (κ1) is 14.6. The molecule has 0 aliphatic heterocycles. The summed E-state index contributed by atoms with van der Waals surface area (Å²) in [7, 11) is 3.75. The normalized spacial score (nSPS) is 11.0. The summed E-state index contributed by atoms with van der Waals surface area (Å²) < 4.78 is 0. The van der Waals surface area contributed by atoms with Crippen molar-refractivity contribution in [1.82, 2.24) is 5.32 Å². The largest absolute Gasteiger partial charge is 0.481 e. The molecule has 0 amide bonds. The number of carbonyl (C=O) groups is 1. The number of carboxylic acids is 1. The van der Waals surface area contributed by atoms with Gasteiger partial charge in [0.05, 0.1) is 6.10 Å². The lowest BCUT2D eigenvalue weighted by molar-refractivity contribution is -0.137. The molecule has 0 bridgehead atoms. The Labute approximate surface area is 79.3 Å². The van der Waals surface area contributed by atoms with Gasteiger partial charge in [-0.2, -0.15) is 0 Å². The summed E-state index contributed by atoms with van der Waals surface area (Å²) >= 11 is 0. The predicted octanol–water partition coefficient (Wildman–Crippen LogP) is 0.624. The Morgan fingerprint density at radius 2 is 2.08 bits per heavy atom. The van der Waals surface area contributed by atoms with Crippen LogP contribution in [0.3, 0.4) is 0 Å². The first-order valence-corrected chi connectivity index (χ1v) is 4.19. The van der Waals surface area contributed by atoms with Crippen molar-refractivity contribution in [2.75, 3.05) is 14.1 Å². The highest BCUT2D eigenvalue weighted by atomic mass is 16.4. The van der Waals surface area contributed by atoms with Crippen LogP contribution in [0.4, 0.5) is 0 Å². The Morgan fingerprint density at radius 3 is 2.38 bits per heavy atom. The Balaban J connectivity index is 0. The van der Waals surface area contributed by atoms with Gasteiger partial charge in [0.25, 0.3) is 0 Å². The van der Waals surface area contributed by atoms with Crippen LogP contribution in [-0.4, -0.2) is 36.4 Å². The Bertz CT molecular complexity index is 137. The van der Waals surface area contributed by atoms with E-state index >= 15 is 0 Å². The molecule has 0 aliphatic carbocycles. The third-order valence-electron chi connectivity index (χ3n) is 1.16. The van der Waals surface area contributed by atoms with E-state index in [1.807, 2.05) is 14.1 Å². The quantitative estimate of drug-likeness (QED) is 0.555. The van der Waals surface area contributed by atoms with Gasteiger partial charge in [-0.05, 0) is 26.9 Å². The van der Waals surface area contributed by atoms with E-state index in [0.717, 1.165) is 0 Å². The maximum Gasteiger partial charge on any atom is 0.303 e. The van der Waals surface area contributed by atoms with Gasteiger partial charge >= 0.3 is 5.97 Å². The van der Waals surface area contributed by atoms with E-state index < -0.39 is 12.1 Å². The van der Waals surface area contributed by atoms with E-state index in [1.54, 1.807) is 0 Å². The van der Waals surface area contributed by atoms with Gasteiger partial charge in [0.15, 0.2) is 0 Å². The molecule has 0 aromatic heterocycles. The molecule has 13 heavy (non-hydrogen) atoms. The lowest BCUT2D eigenvalue weighted by Crippen LogP contribution is -2.03. The molecular weight excluding hydrogens is 170 g/mol. The highest BCUT2D eigenvalue weighted by molar-refractivity contribution is 5.66. The highest BCUT2D eigenvalue weighted by Gasteiger charge is 2.00. The molecule has 4 nitrogen and oxygen atoms in total. The molecule has 0 fully saturated rings. The lowest BCUT2D eigenvalue weighted by Gasteiger charge is -2.01. The smallest absolute Gasteiger partial charge is 0.303 e. The molecule has 3 N–H and O–H groups in total. The van der Waals surface area contributed by atoms with E-state index in [1.165, 1.54) is 6.08 Å².